The van der Waals surface area contributed by atoms with Crippen LogP contribution >= 0.6 is 11.6 Å². The van der Waals surface area contributed by atoms with Gasteiger partial charge in [0.25, 0.3) is 11.8 Å². The molecule has 1 N–H and O–H groups in total. The van der Waals surface area contributed by atoms with Crippen LogP contribution in [0.15, 0.2) is 70.7 Å². The van der Waals surface area contributed by atoms with Gasteiger partial charge in [-0.1, -0.05) is 17.7 Å². The minimum absolute atomic E-state index is 0.101. The Morgan fingerprint density at radius 2 is 1.81 bits per heavy atom. The van der Waals surface area contributed by atoms with E-state index in [1.54, 1.807) is 36.4 Å². The van der Waals surface area contributed by atoms with Gasteiger partial charge in [0.1, 0.15) is 22.9 Å². The molecule has 1 aliphatic heterocycles. The fourth-order valence-electron chi connectivity index (χ4n) is 2.70. The summed E-state index contributed by atoms with van der Waals surface area (Å²) in [4.78, 5) is 24.7. The Kier molecular flexibility index (Phi) is 4.25. The first-order valence-corrected chi connectivity index (χ1v) is 8.37. The molecule has 3 aromatic rings. The molecule has 0 radical (unpaired) electrons. The molecule has 134 valence electrons. The lowest BCUT2D eigenvalue weighted by atomic mass is 10.2. The molecule has 1 fully saturated rings. The summed E-state index contributed by atoms with van der Waals surface area (Å²) in [6, 6.07) is 15.9. The molecule has 0 bridgehead atoms. The molecule has 1 aromatic heterocycles. The molecule has 2 aromatic carbocycles. The third-order valence-electron chi connectivity index (χ3n) is 4.00. The van der Waals surface area contributed by atoms with Crippen molar-refractivity contribution >= 4 is 35.2 Å². The molecule has 0 unspecified atom stereocenters. The number of halogens is 2. The topological polar surface area (TPSA) is 62.6 Å². The molecular weight excluding hydrogens is 371 g/mol. The number of carbonyl (C=O) groups is 2. The van der Waals surface area contributed by atoms with Crippen molar-refractivity contribution in [2.24, 2.45) is 0 Å². The van der Waals surface area contributed by atoms with Gasteiger partial charge in [-0.3, -0.25) is 15.0 Å². The summed E-state index contributed by atoms with van der Waals surface area (Å²) in [5.74, 6) is -0.764. The highest BCUT2D eigenvalue weighted by atomic mass is 35.5. The van der Waals surface area contributed by atoms with Gasteiger partial charge in [0, 0.05) is 10.6 Å². The van der Waals surface area contributed by atoms with Crippen molar-refractivity contribution in [1.29, 1.82) is 0 Å². The summed E-state index contributed by atoms with van der Waals surface area (Å²) in [7, 11) is 0. The van der Waals surface area contributed by atoms with E-state index in [-0.39, 0.29) is 11.3 Å². The zero-order chi connectivity index (χ0) is 19.0. The van der Waals surface area contributed by atoms with Gasteiger partial charge < -0.3 is 4.42 Å². The predicted molar refractivity (Wildman–Crippen MR) is 99.2 cm³/mol. The number of hydrogen-bond donors (Lipinski definition) is 1. The van der Waals surface area contributed by atoms with Crippen molar-refractivity contribution in [3.63, 3.8) is 0 Å². The van der Waals surface area contributed by atoms with Crippen LogP contribution in [0.25, 0.3) is 17.4 Å². The normalized spacial score (nSPS) is 15.5. The molecule has 0 aliphatic carbocycles. The zero-order valence-corrected chi connectivity index (χ0v) is 14.5. The maximum Gasteiger partial charge on any atom is 0.282 e. The molecular formula is C20H12ClFN2O3. The maximum absolute atomic E-state index is 13.4. The molecule has 5 nitrogen and oxygen atoms in total. The van der Waals surface area contributed by atoms with Crippen molar-refractivity contribution in [3.8, 4) is 11.3 Å². The van der Waals surface area contributed by atoms with Crippen molar-refractivity contribution in [3.05, 3.63) is 82.8 Å². The molecule has 2 heterocycles. The molecule has 1 saturated heterocycles. The van der Waals surface area contributed by atoms with Crippen LogP contribution in [0.5, 0.6) is 0 Å². The van der Waals surface area contributed by atoms with E-state index >= 15 is 0 Å². The van der Waals surface area contributed by atoms with Crippen LogP contribution in [0.4, 0.5) is 10.1 Å². The smallest absolute Gasteiger partial charge is 0.282 e. The summed E-state index contributed by atoms with van der Waals surface area (Å²) < 4.78 is 19.1. The van der Waals surface area contributed by atoms with Crippen LogP contribution in [-0.2, 0) is 9.59 Å². The number of benzene rings is 2. The van der Waals surface area contributed by atoms with Crippen molar-refractivity contribution < 1.29 is 18.4 Å². The Morgan fingerprint density at radius 1 is 1.04 bits per heavy atom. The SMILES string of the molecule is O=C1NN(c2cccc(F)c2)C(=O)/C1=C/c1ccc(-c2ccc(Cl)cc2)o1. The lowest BCUT2D eigenvalue weighted by molar-refractivity contribution is -0.117. The lowest BCUT2D eigenvalue weighted by Gasteiger charge is -2.14. The van der Waals surface area contributed by atoms with E-state index in [4.69, 9.17) is 16.0 Å². The number of anilines is 1. The van der Waals surface area contributed by atoms with E-state index < -0.39 is 17.6 Å². The molecule has 7 heteroatoms. The summed E-state index contributed by atoms with van der Waals surface area (Å²) in [6.45, 7) is 0. The first-order valence-electron chi connectivity index (χ1n) is 8.00. The van der Waals surface area contributed by atoms with E-state index in [2.05, 4.69) is 5.43 Å². The monoisotopic (exact) mass is 382 g/mol. The summed E-state index contributed by atoms with van der Waals surface area (Å²) in [5.41, 5.74) is 3.36. The van der Waals surface area contributed by atoms with Crippen LogP contribution in [0.3, 0.4) is 0 Å². The Morgan fingerprint density at radius 3 is 2.56 bits per heavy atom. The van der Waals surface area contributed by atoms with Crippen molar-refractivity contribution in [2.75, 3.05) is 5.01 Å². The van der Waals surface area contributed by atoms with Crippen LogP contribution in [0.2, 0.25) is 5.02 Å². The highest BCUT2D eigenvalue weighted by Gasteiger charge is 2.34. The first-order chi connectivity index (χ1) is 13.0. The Bertz CT molecular complexity index is 1070. The number of furan rings is 1. The summed E-state index contributed by atoms with van der Waals surface area (Å²) in [5, 5.41) is 1.61. The molecule has 27 heavy (non-hydrogen) atoms. The zero-order valence-electron chi connectivity index (χ0n) is 13.8. The number of nitrogens with zero attached hydrogens (tertiary/aromatic N) is 1. The van der Waals surface area contributed by atoms with Gasteiger partial charge in [-0.15, -0.1) is 0 Å². The lowest BCUT2D eigenvalue weighted by Crippen LogP contribution is -2.35. The van der Waals surface area contributed by atoms with E-state index in [1.165, 1.54) is 24.3 Å². The van der Waals surface area contributed by atoms with E-state index in [9.17, 15) is 14.0 Å². The largest absolute Gasteiger partial charge is 0.457 e. The number of hydrazine groups is 1. The number of rotatable bonds is 3. The molecule has 4 rings (SSSR count). The van der Waals surface area contributed by atoms with E-state index in [0.29, 0.717) is 16.5 Å². The second-order valence-corrected chi connectivity index (χ2v) is 6.26. The number of nitrogens with one attached hydrogen (secondary N) is 1. The van der Waals surface area contributed by atoms with Gasteiger partial charge in [0.15, 0.2) is 0 Å². The third kappa shape index (κ3) is 3.35. The molecule has 0 spiro atoms. The summed E-state index contributed by atoms with van der Waals surface area (Å²) in [6.07, 6.45) is 1.36. The fraction of sp³-hybridized carbons (Fsp3) is 0. The second-order valence-electron chi connectivity index (χ2n) is 5.83. The van der Waals surface area contributed by atoms with Gasteiger partial charge in [-0.05, 0) is 60.7 Å². The van der Waals surface area contributed by atoms with E-state index in [1.807, 2.05) is 0 Å². The highest BCUT2D eigenvalue weighted by molar-refractivity contribution is 6.31. The summed E-state index contributed by atoms with van der Waals surface area (Å²) >= 11 is 5.87. The average Bonchev–Trinajstić information content (AvgIpc) is 3.23. The molecule has 2 amide bonds. The quantitative estimate of drug-likeness (QED) is 0.545. The number of hydrogen-bond acceptors (Lipinski definition) is 3. The minimum Gasteiger partial charge on any atom is -0.457 e. The van der Waals surface area contributed by atoms with Crippen molar-refractivity contribution in [1.82, 2.24) is 5.43 Å². The highest BCUT2D eigenvalue weighted by Crippen LogP contribution is 2.26. The first kappa shape index (κ1) is 17.1. The van der Waals surface area contributed by atoms with E-state index in [0.717, 1.165) is 16.6 Å². The van der Waals surface area contributed by atoms with Gasteiger partial charge in [-0.2, -0.15) is 0 Å². The van der Waals surface area contributed by atoms with Gasteiger partial charge in [0.2, 0.25) is 0 Å². The standard InChI is InChI=1S/C20H12ClFN2O3/c21-13-6-4-12(5-7-13)18-9-8-16(27-18)11-17-19(25)23-24(20(17)26)15-3-1-2-14(22)10-15/h1-11H,(H,23,25)/b17-11+. The van der Waals surface area contributed by atoms with Gasteiger partial charge in [0.05, 0.1) is 5.69 Å². The number of amides is 2. The van der Waals surface area contributed by atoms with Crippen LogP contribution < -0.4 is 10.4 Å². The third-order valence-corrected chi connectivity index (χ3v) is 4.25. The Labute approximate surface area is 158 Å². The Balaban J connectivity index is 1.61. The molecule has 1 aliphatic rings. The van der Waals surface area contributed by atoms with Crippen LogP contribution in [0.1, 0.15) is 5.76 Å². The minimum atomic E-state index is -0.589. The van der Waals surface area contributed by atoms with Crippen molar-refractivity contribution in [2.45, 2.75) is 0 Å². The Hall–Kier alpha value is -3.38. The predicted octanol–water partition coefficient (Wildman–Crippen LogP) is 4.20. The van der Waals surface area contributed by atoms with Crippen LogP contribution in [0, 0.1) is 5.82 Å². The average molecular weight is 383 g/mol. The second kappa shape index (κ2) is 6.74. The molecule has 0 atom stereocenters. The van der Waals surface area contributed by atoms with Gasteiger partial charge in [-0.25, -0.2) is 9.40 Å². The van der Waals surface area contributed by atoms with Gasteiger partial charge >= 0.3 is 0 Å². The molecule has 0 saturated carbocycles. The maximum atomic E-state index is 13.4. The fourth-order valence-corrected chi connectivity index (χ4v) is 2.82. The van der Waals surface area contributed by atoms with Crippen LogP contribution in [-0.4, -0.2) is 11.8 Å². The number of carbonyl (C=O) groups excluding carboxylic acids is 2.